The number of aryl methyl sites for hydroxylation is 1. The molecule has 0 aliphatic heterocycles. The lowest BCUT2D eigenvalue weighted by molar-refractivity contribution is -0.138. The largest absolute Gasteiger partial charge is 0.417 e. The highest BCUT2D eigenvalue weighted by molar-refractivity contribution is 9.10. The zero-order chi connectivity index (χ0) is 15.6. The number of nitrogens with zero attached hydrogens (tertiary/aromatic N) is 3. The van der Waals surface area contributed by atoms with Crippen LogP contribution >= 0.6 is 15.9 Å². The maximum Gasteiger partial charge on any atom is 0.417 e. The molecule has 0 spiro atoms. The second kappa shape index (κ2) is 5.69. The summed E-state index contributed by atoms with van der Waals surface area (Å²) in [5, 5.41) is 11.5. The van der Waals surface area contributed by atoms with Crippen molar-refractivity contribution in [3.63, 3.8) is 0 Å². The van der Waals surface area contributed by atoms with Gasteiger partial charge in [0.2, 0.25) is 5.95 Å². The van der Waals surface area contributed by atoms with Crippen LogP contribution < -0.4 is 5.32 Å². The number of hydrogen-bond acceptors (Lipinski definition) is 4. The second-order valence-corrected chi connectivity index (χ2v) is 5.00. The van der Waals surface area contributed by atoms with Gasteiger partial charge in [0.05, 0.1) is 5.56 Å². The number of anilines is 2. The maximum atomic E-state index is 12.8. The first-order valence-electron chi connectivity index (χ1n) is 5.69. The summed E-state index contributed by atoms with van der Waals surface area (Å²) in [6.45, 7) is 1.66. The molecule has 1 N–H and O–H groups in total. The summed E-state index contributed by atoms with van der Waals surface area (Å²) in [5.41, 5.74) is 0.0519. The molecule has 0 aliphatic carbocycles. The molecule has 0 bridgehead atoms. The van der Waals surface area contributed by atoms with Crippen LogP contribution in [0, 0.1) is 18.3 Å². The van der Waals surface area contributed by atoms with Crippen LogP contribution in [0.5, 0.6) is 0 Å². The quantitative estimate of drug-likeness (QED) is 0.876. The first-order chi connectivity index (χ1) is 9.79. The minimum Gasteiger partial charge on any atom is -0.324 e. The molecule has 0 atom stereocenters. The lowest BCUT2D eigenvalue weighted by atomic mass is 10.2. The molecule has 0 amide bonds. The predicted octanol–water partition coefficient (Wildman–Crippen LogP) is 4.18. The first kappa shape index (κ1) is 15.3. The molecule has 0 saturated carbocycles. The van der Waals surface area contributed by atoms with E-state index in [1.807, 2.05) is 6.07 Å². The van der Waals surface area contributed by atoms with Gasteiger partial charge in [-0.3, -0.25) is 0 Å². The monoisotopic (exact) mass is 356 g/mol. The van der Waals surface area contributed by atoms with E-state index in [-0.39, 0.29) is 21.8 Å². The van der Waals surface area contributed by atoms with Gasteiger partial charge in [-0.1, -0.05) is 15.9 Å². The summed E-state index contributed by atoms with van der Waals surface area (Å²) in [6.07, 6.45) is -4.47. The Kier molecular flexibility index (Phi) is 4.14. The Morgan fingerprint density at radius 2 is 1.95 bits per heavy atom. The number of benzene rings is 1. The Morgan fingerprint density at radius 3 is 2.57 bits per heavy atom. The molecule has 0 fully saturated rings. The topological polar surface area (TPSA) is 61.6 Å². The van der Waals surface area contributed by atoms with Crippen molar-refractivity contribution in [2.75, 3.05) is 5.32 Å². The number of aromatic nitrogens is 2. The highest BCUT2D eigenvalue weighted by Gasteiger charge is 2.33. The third-order valence-electron chi connectivity index (χ3n) is 2.50. The number of alkyl halides is 3. The SMILES string of the molecule is Cc1cc(C#N)nc(Nc2ccc(Br)c(C(F)(F)F)c2)n1. The molecule has 0 unspecified atom stereocenters. The fourth-order valence-electron chi connectivity index (χ4n) is 1.63. The zero-order valence-electron chi connectivity index (χ0n) is 10.7. The smallest absolute Gasteiger partial charge is 0.324 e. The summed E-state index contributed by atoms with van der Waals surface area (Å²) < 4.78 is 38.4. The minimum atomic E-state index is -4.47. The Labute approximate surface area is 126 Å². The highest BCUT2D eigenvalue weighted by atomic mass is 79.9. The van der Waals surface area contributed by atoms with Crippen molar-refractivity contribution in [3.8, 4) is 6.07 Å². The van der Waals surface area contributed by atoms with Crippen molar-refractivity contribution < 1.29 is 13.2 Å². The molecule has 8 heteroatoms. The third-order valence-corrected chi connectivity index (χ3v) is 3.19. The molecule has 0 aliphatic rings. The van der Waals surface area contributed by atoms with Gasteiger partial charge >= 0.3 is 6.18 Å². The minimum absolute atomic E-state index is 0.0524. The van der Waals surface area contributed by atoms with E-state index >= 15 is 0 Å². The van der Waals surface area contributed by atoms with Crippen molar-refractivity contribution in [1.82, 2.24) is 9.97 Å². The molecular formula is C13H8BrF3N4. The van der Waals surface area contributed by atoms with Gasteiger partial charge < -0.3 is 5.32 Å². The summed E-state index contributed by atoms with van der Waals surface area (Å²) in [6, 6.07) is 7.03. The summed E-state index contributed by atoms with van der Waals surface area (Å²) in [7, 11) is 0. The molecule has 1 heterocycles. The number of nitriles is 1. The Bertz CT molecular complexity index is 722. The van der Waals surface area contributed by atoms with Crippen LogP contribution in [0.4, 0.5) is 24.8 Å². The standard InChI is InChI=1S/C13H8BrF3N4/c1-7-4-9(6-18)21-12(19-7)20-8-2-3-11(14)10(5-8)13(15,16)17/h2-5H,1H3,(H,19,20,21). The van der Waals surface area contributed by atoms with E-state index < -0.39 is 11.7 Å². The van der Waals surface area contributed by atoms with Crippen molar-refractivity contribution in [1.29, 1.82) is 5.26 Å². The number of rotatable bonds is 2. The van der Waals surface area contributed by atoms with Crippen molar-refractivity contribution in [2.45, 2.75) is 13.1 Å². The molecule has 2 rings (SSSR count). The van der Waals surface area contributed by atoms with Crippen molar-refractivity contribution in [2.24, 2.45) is 0 Å². The predicted molar refractivity (Wildman–Crippen MR) is 73.9 cm³/mol. The van der Waals surface area contributed by atoms with Crippen LogP contribution in [0.1, 0.15) is 17.0 Å². The van der Waals surface area contributed by atoms with Crippen LogP contribution in [0.25, 0.3) is 0 Å². The molecule has 1 aromatic heterocycles. The average molecular weight is 357 g/mol. The normalized spacial score (nSPS) is 11.0. The summed E-state index contributed by atoms with van der Waals surface area (Å²) in [4.78, 5) is 7.91. The van der Waals surface area contributed by atoms with E-state index in [2.05, 4.69) is 31.2 Å². The lowest BCUT2D eigenvalue weighted by Gasteiger charge is -2.12. The van der Waals surface area contributed by atoms with Crippen LogP contribution in [0.3, 0.4) is 0 Å². The van der Waals surface area contributed by atoms with Crippen LogP contribution in [0.15, 0.2) is 28.7 Å². The van der Waals surface area contributed by atoms with E-state index in [1.54, 1.807) is 6.92 Å². The van der Waals surface area contributed by atoms with E-state index in [1.165, 1.54) is 18.2 Å². The van der Waals surface area contributed by atoms with Gasteiger partial charge in [0.25, 0.3) is 0 Å². The molecule has 0 radical (unpaired) electrons. The Hall–Kier alpha value is -2.14. The molecule has 4 nitrogen and oxygen atoms in total. The lowest BCUT2D eigenvalue weighted by Crippen LogP contribution is -2.07. The van der Waals surface area contributed by atoms with Gasteiger partial charge in [0, 0.05) is 15.9 Å². The van der Waals surface area contributed by atoms with Gasteiger partial charge in [0.15, 0.2) is 0 Å². The molecule has 21 heavy (non-hydrogen) atoms. The van der Waals surface area contributed by atoms with E-state index in [4.69, 9.17) is 5.26 Å². The van der Waals surface area contributed by atoms with E-state index in [0.29, 0.717) is 5.69 Å². The van der Waals surface area contributed by atoms with Gasteiger partial charge in [-0.15, -0.1) is 0 Å². The molecule has 0 saturated heterocycles. The van der Waals surface area contributed by atoms with Crippen LogP contribution in [0.2, 0.25) is 0 Å². The number of nitrogens with one attached hydrogen (secondary N) is 1. The Morgan fingerprint density at radius 1 is 1.24 bits per heavy atom. The van der Waals surface area contributed by atoms with Gasteiger partial charge in [0.1, 0.15) is 11.8 Å². The van der Waals surface area contributed by atoms with Crippen LogP contribution in [-0.2, 0) is 6.18 Å². The van der Waals surface area contributed by atoms with Crippen LogP contribution in [-0.4, -0.2) is 9.97 Å². The van der Waals surface area contributed by atoms with E-state index in [0.717, 1.165) is 6.07 Å². The fourth-order valence-corrected chi connectivity index (χ4v) is 2.10. The third kappa shape index (κ3) is 3.70. The molecule has 2 aromatic rings. The van der Waals surface area contributed by atoms with Crippen molar-refractivity contribution in [3.05, 3.63) is 45.7 Å². The van der Waals surface area contributed by atoms with Gasteiger partial charge in [-0.25, -0.2) is 9.97 Å². The van der Waals surface area contributed by atoms with Gasteiger partial charge in [-0.05, 0) is 31.2 Å². The van der Waals surface area contributed by atoms with Crippen molar-refractivity contribution >= 4 is 27.6 Å². The summed E-state index contributed by atoms with van der Waals surface area (Å²) in [5.74, 6) is 0.0713. The fraction of sp³-hybridized carbons (Fsp3) is 0.154. The summed E-state index contributed by atoms with van der Waals surface area (Å²) >= 11 is 2.86. The zero-order valence-corrected chi connectivity index (χ0v) is 12.2. The molecule has 108 valence electrons. The number of halogens is 4. The van der Waals surface area contributed by atoms with E-state index in [9.17, 15) is 13.2 Å². The number of hydrogen-bond donors (Lipinski definition) is 1. The van der Waals surface area contributed by atoms with Gasteiger partial charge in [-0.2, -0.15) is 18.4 Å². The highest BCUT2D eigenvalue weighted by Crippen LogP contribution is 2.36. The first-order valence-corrected chi connectivity index (χ1v) is 6.48. The second-order valence-electron chi connectivity index (χ2n) is 4.15. The average Bonchev–Trinajstić information content (AvgIpc) is 2.39. The molecule has 1 aromatic carbocycles. The molecular weight excluding hydrogens is 349 g/mol. The maximum absolute atomic E-state index is 12.8. The Balaban J connectivity index is 2.37.